The SMILES string of the molecule is CC(C)(C)OC(=O)n1cc(B2OC(C)(C)C(C)(C)O2)c2cnccc21.CN1CCN(c2ccc(Nc3ccc(-c4c[nH]c5ccncc45)c4c3C(=O)NC4)nc2)CC1.CN1CCN(c2ccc(Nc3ccc(-c4cn(C(=O)OC(C)(C)C)c5ccncc45)c4c3C(=O)N(C(=O)OC(C)(C)C)C4)nc2)CC1.CN1CCN(c2ccc(Nc3ccc(Cl)c4c3C(=O)N(C(=O)OC(C)(C)C)C4)nc2)CC1. The Labute approximate surface area is 802 Å². The average Bonchev–Trinajstić information content (AvgIpc) is 1.58. The predicted molar refractivity (Wildman–Crippen MR) is 532 cm³/mol. The number of imide groups is 2. The van der Waals surface area contributed by atoms with Gasteiger partial charge in [-0.2, -0.15) is 0 Å². The van der Waals surface area contributed by atoms with E-state index in [4.69, 9.17) is 39.9 Å². The van der Waals surface area contributed by atoms with Gasteiger partial charge < -0.3 is 83.9 Å². The molecule has 7 aliphatic heterocycles. The number of carbonyl (C=O) groups excluding carboxylic acids is 7. The second-order valence-corrected chi connectivity index (χ2v) is 40.6. The lowest BCUT2D eigenvalue weighted by molar-refractivity contribution is 0.00578. The monoisotopic (exact) mass is 1880 g/mol. The maximum Gasteiger partial charge on any atom is 0.497 e. The minimum Gasteiger partial charge on any atom is -0.443 e. The Balaban J connectivity index is 0.000000136. The number of nitrogens with zero attached hydrogens (tertiary/aromatic N) is 16. The van der Waals surface area contributed by atoms with Crippen LogP contribution in [-0.4, -0.2) is 251 Å². The molecule has 4 saturated heterocycles. The van der Waals surface area contributed by atoms with E-state index < -0.39 is 76.9 Å². The van der Waals surface area contributed by atoms with Gasteiger partial charge in [0.05, 0.1) is 105 Å². The average molecular weight is 1880 g/mol. The molecule has 5 amide bonds. The molecule has 19 rings (SSSR count). The van der Waals surface area contributed by atoms with Gasteiger partial charge >= 0.3 is 31.5 Å². The van der Waals surface area contributed by atoms with Crippen LogP contribution in [0.4, 0.5) is 70.8 Å². The van der Waals surface area contributed by atoms with Crippen molar-refractivity contribution >= 4 is 151 Å². The van der Waals surface area contributed by atoms with Crippen molar-refractivity contribution < 1.29 is 61.8 Å². The molecule has 9 aromatic heterocycles. The minimum absolute atomic E-state index is 0.0108. The first kappa shape index (κ1) is 96.5. The number of fused-ring (bicyclic) bond motifs is 6. The van der Waals surface area contributed by atoms with Crippen LogP contribution in [0.15, 0.2) is 165 Å². The number of likely N-dealkylation sites (N-methyl/N-ethyl adjacent to an activating group) is 3. The number of pyridine rings is 6. The molecule has 716 valence electrons. The molecule has 0 spiro atoms. The fourth-order valence-corrected chi connectivity index (χ4v) is 17.3. The zero-order valence-corrected chi connectivity index (χ0v) is 81.9. The third-order valence-electron chi connectivity index (χ3n) is 24.9. The van der Waals surface area contributed by atoms with Gasteiger partial charge in [0.25, 0.3) is 17.7 Å². The molecule has 5 N–H and O–H groups in total. The summed E-state index contributed by atoms with van der Waals surface area (Å²) in [5.41, 5.74) is 11.5. The maximum absolute atomic E-state index is 14.0. The molecule has 12 aromatic rings. The van der Waals surface area contributed by atoms with Crippen molar-refractivity contribution in [3.63, 3.8) is 0 Å². The van der Waals surface area contributed by atoms with Gasteiger partial charge in [0.15, 0.2) is 0 Å². The summed E-state index contributed by atoms with van der Waals surface area (Å²) in [4.78, 5) is 137. The Kier molecular flexibility index (Phi) is 27.2. The first-order valence-electron chi connectivity index (χ1n) is 46.0. The highest BCUT2D eigenvalue weighted by molar-refractivity contribution is 6.65. The quantitative estimate of drug-likeness (QED) is 0.0560. The van der Waals surface area contributed by atoms with E-state index in [9.17, 15) is 33.6 Å². The van der Waals surface area contributed by atoms with Crippen molar-refractivity contribution in [2.24, 2.45) is 0 Å². The molecule has 0 unspecified atom stereocenters. The topological polar surface area (TPSA) is 352 Å². The van der Waals surface area contributed by atoms with Crippen LogP contribution in [0.1, 0.15) is 159 Å². The number of benzene rings is 3. The second kappa shape index (κ2) is 38.5. The Morgan fingerprint density at radius 3 is 1.26 bits per heavy atom. The van der Waals surface area contributed by atoms with E-state index in [0.29, 0.717) is 89.9 Å². The van der Waals surface area contributed by atoms with Crippen LogP contribution in [0, 0.1) is 0 Å². The van der Waals surface area contributed by atoms with E-state index in [1.54, 1.807) is 115 Å². The molecule has 4 fully saturated rings. The third-order valence-corrected chi connectivity index (χ3v) is 25.3. The van der Waals surface area contributed by atoms with E-state index in [1.807, 2.05) is 149 Å². The van der Waals surface area contributed by atoms with Crippen LogP contribution in [0.25, 0.3) is 55.0 Å². The Morgan fingerprint density at radius 2 is 0.810 bits per heavy atom. The standard InChI is InChI=1S/C35H41N7O5.C25H25N7O.C23H28ClN5O3.C18H25BN2O4/c1-34(2,3)46-32(44)41-20-25(24-19-36-13-12-28(24)41)23-9-10-27(30-26(23)21-42(31(30)43)33(45)47-35(4,5)6)38-29-11-8-22(18-37-29)40-16-14-39(7)15-17-40;1-31-8-10-32(11-9-31)16-2-5-23(28-12-16)30-22-4-3-17(20-15-29-25(33)24(20)22)18-14-27-21-6-7-26-13-19(18)21;1-23(2,3)32-22(31)29-14-16-17(24)6-7-18(20(16)21(29)30)26-19-8-5-15(13-25-19)28-11-9-27(4)10-12-28;1-16(2,3)23-15(22)21-11-13(12-10-20-9-8-14(12)21)19-24-17(4,5)18(6,7)25-19/h8-13,18-20H,14-17,21H2,1-7H3,(H,37,38);2-7,12-14,27H,8-11,15H2,1H3,(H,28,30)(H,29,33);5-8,13H,9-12,14H2,1-4H3,(H,25,26);8-11H,1-7H3. The molecule has 0 aliphatic carbocycles. The molecule has 36 heteroatoms. The fraction of sp³-hybridized carbons (Fsp3) is 0.396. The summed E-state index contributed by atoms with van der Waals surface area (Å²) in [5.74, 6) is 0.901. The number of aromatic amines is 1. The van der Waals surface area contributed by atoms with Crippen molar-refractivity contribution in [2.75, 3.05) is 130 Å². The van der Waals surface area contributed by atoms with Gasteiger partial charge in [-0.3, -0.25) is 38.5 Å². The summed E-state index contributed by atoms with van der Waals surface area (Å²) in [6.45, 7) is 42.0. The van der Waals surface area contributed by atoms with Crippen LogP contribution >= 0.6 is 11.6 Å². The molecule has 7 aliphatic rings. The van der Waals surface area contributed by atoms with E-state index in [0.717, 1.165) is 155 Å². The number of hydrogen-bond donors (Lipinski definition) is 5. The number of amides is 5. The number of hydrogen-bond acceptors (Lipinski definition) is 28. The van der Waals surface area contributed by atoms with Gasteiger partial charge in [-0.1, -0.05) is 23.7 Å². The number of carbonyl (C=O) groups is 7. The lowest BCUT2D eigenvalue weighted by Gasteiger charge is -2.33. The number of H-pyrrole nitrogens is 1. The largest absolute Gasteiger partial charge is 0.497 e. The minimum atomic E-state index is -0.794. The zero-order chi connectivity index (χ0) is 97.7. The molecule has 0 bridgehead atoms. The van der Waals surface area contributed by atoms with Gasteiger partial charge in [0, 0.05) is 190 Å². The molecular weight excluding hydrogens is 1760 g/mol. The summed E-state index contributed by atoms with van der Waals surface area (Å²) in [6.07, 6.45) is 18.9. The first-order chi connectivity index (χ1) is 64.9. The van der Waals surface area contributed by atoms with Gasteiger partial charge in [-0.05, 0) is 233 Å². The smallest absolute Gasteiger partial charge is 0.443 e. The Hall–Kier alpha value is -13.6. The van der Waals surface area contributed by atoms with Crippen molar-refractivity contribution in [2.45, 2.75) is 164 Å². The molecule has 16 heterocycles. The lowest BCUT2D eigenvalue weighted by Crippen LogP contribution is -2.44. The fourth-order valence-electron chi connectivity index (χ4n) is 17.1. The molecule has 0 radical (unpaired) electrons. The van der Waals surface area contributed by atoms with Gasteiger partial charge in [-0.25, -0.2) is 43.9 Å². The molecule has 3 aromatic carbocycles. The lowest BCUT2D eigenvalue weighted by atomic mass is 9.79. The van der Waals surface area contributed by atoms with E-state index in [2.05, 4.69) is 119 Å². The molecule has 137 heavy (non-hydrogen) atoms. The number of ether oxygens (including phenoxy) is 4. The van der Waals surface area contributed by atoms with E-state index in [-0.39, 0.29) is 19.0 Å². The molecule has 34 nitrogen and oxygen atoms in total. The number of nitrogens with one attached hydrogen (secondary N) is 5. The highest BCUT2D eigenvalue weighted by atomic mass is 35.5. The highest BCUT2D eigenvalue weighted by Gasteiger charge is 2.53. The predicted octanol–water partition coefficient (Wildman–Crippen LogP) is 16.9. The summed E-state index contributed by atoms with van der Waals surface area (Å²) >= 11 is 6.35. The number of piperazine rings is 3. The number of aromatic nitrogens is 9. The number of rotatable bonds is 12. The van der Waals surface area contributed by atoms with Crippen LogP contribution in [-0.2, 0) is 47.9 Å². The van der Waals surface area contributed by atoms with Gasteiger partial charge in [0.1, 0.15) is 39.9 Å². The highest BCUT2D eigenvalue weighted by Crippen LogP contribution is 2.45. The van der Waals surface area contributed by atoms with Gasteiger partial charge in [0.2, 0.25) is 0 Å². The Bertz CT molecular complexity index is 6560. The van der Waals surface area contributed by atoms with Crippen molar-refractivity contribution in [1.29, 1.82) is 0 Å². The van der Waals surface area contributed by atoms with Crippen molar-refractivity contribution in [1.82, 2.24) is 73.8 Å². The summed E-state index contributed by atoms with van der Waals surface area (Å²) in [5, 5.41) is 15.9. The molecule has 0 saturated carbocycles. The number of anilines is 9. The van der Waals surface area contributed by atoms with Crippen LogP contribution < -0.4 is 41.4 Å². The zero-order valence-electron chi connectivity index (χ0n) is 81.1. The van der Waals surface area contributed by atoms with E-state index in [1.165, 1.54) is 9.13 Å². The molecular formula is C101H119BClN21O13. The Morgan fingerprint density at radius 1 is 0.423 bits per heavy atom. The van der Waals surface area contributed by atoms with Crippen LogP contribution in [0.2, 0.25) is 5.02 Å². The second-order valence-electron chi connectivity index (χ2n) is 40.2. The number of halogens is 1. The summed E-state index contributed by atoms with van der Waals surface area (Å²) < 4.78 is 37.4. The van der Waals surface area contributed by atoms with Gasteiger partial charge in [-0.15, -0.1) is 0 Å². The first-order valence-corrected chi connectivity index (χ1v) is 46.4. The van der Waals surface area contributed by atoms with E-state index >= 15 is 0 Å². The third kappa shape index (κ3) is 21.5. The molecule has 0 atom stereocenters. The summed E-state index contributed by atoms with van der Waals surface area (Å²) in [7, 11) is 5.82. The summed E-state index contributed by atoms with van der Waals surface area (Å²) in [6, 6.07) is 28.5. The normalized spacial score (nSPS) is 16.7. The van der Waals surface area contributed by atoms with Crippen molar-refractivity contribution in [3.05, 3.63) is 204 Å². The maximum atomic E-state index is 14.0. The van der Waals surface area contributed by atoms with Crippen LogP contribution in [0.3, 0.4) is 0 Å². The van der Waals surface area contributed by atoms with Crippen LogP contribution in [0.5, 0.6) is 0 Å². The van der Waals surface area contributed by atoms with Crippen molar-refractivity contribution in [3.8, 4) is 22.3 Å².